The second kappa shape index (κ2) is 6.14. The van der Waals surface area contributed by atoms with Crippen molar-refractivity contribution in [3.63, 3.8) is 0 Å². The number of anilines is 1. The van der Waals surface area contributed by atoms with E-state index in [2.05, 4.69) is 30.6 Å². The summed E-state index contributed by atoms with van der Waals surface area (Å²) in [6.45, 7) is 1.39. The van der Waals surface area contributed by atoms with Crippen molar-refractivity contribution in [2.75, 3.05) is 18.1 Å². The van der Waals surface area contributed by atoms with Crippen molar-refractivity contribution in [3.8, 4) is 6.07 Å². The smallest absolute Gasteiger partial charge is 0.242 e. The van der Waals surface area contributed by atoms with E-state index in [0.29, 0.717) is 49.3 Å². The molecule has 10 heteroatoms. The van der Waals surface area contributed by atoms with E-state index in [-0.39, 0.29) is 4.90 Å². The number of benzene rings is 1. The van der Waals surface area contributed by atoms with Crippen LogP contribution < -0.4 is 9.62 Å². The molecule has 0 spiro atoms. The molecule has 1 aliphatic carbocycles. The van der Waals surface area contributed by atoms with Crippen LogP contribution in [0.4, 0.5) is 5.82 Å². The van der Waals surface area contributed by atoms with E-state index in [4.69, 9.17) is 4.74 Å². The summed E-state index contributed by atoms with van der Waals surface area (Å²) >= 11 is 0. The zero-order valence-electron chi connectivity index (χ0n) is 16.1. The lowest BCUT2D eigenvalue weighted by molar-refractivity contribution is 0.0904. The summed E-state index contributed by atoms with van der Waals surface area (Å²) in [5.41, 5.74) is 0.402. The summed E-state index contributed by atoms with van der Waals surface area (Å²) in [7, 11) is -3.79. The molecule has 3 fully saturated rings. The second-order valence-electron chi connectivity index (χ2n) is 8.38. The molecule has 3 aliphatic rings. The van der Waals surface area contributed by atoms with E-state index in [1.807, 2.05) is 0 Å². The summed E-state index contributed by atoms with van der Waals surface area (Å²) in [5, 5.41) is 11.0. The summed E-state index contributed by atoms with van der Waals surface area (Å²) < 4.78 is 33.8. The molecule has 2 N–H and O–H groups in total. The molecule has 1 aromatic carbocycles. The molecule has 6 rings (SSSR count). The number of hydrogen-bond donors (Lipinski definition) is 2. The van der Waals surface area contributed by atoms with Gasteiger partial charge in [-0.05, 0) is 37.8 Å². The van der Waals surface area contributed by atoms with Crippen molar-refractivity contribution in [2.24, 2.45) is 0 Å². The maximum absolute atomic E-state index is 12.8. The van der Waals surface area contributed by atoms with Crippen molar-refractivity contribution in [1.29, 1.82) is 5.26 Å². The fourth-order valence-electron chi connectivity index (χ4n) is 4.71. The number of aromatic nitrogens is 3. The van der Waals surface area contributed by atoms with Crippen LogP contribution in [0.15, 0.2) is 29.4 Å². The predicted molar refractivity (Wildman–Crippen MR) is 109 cm³/mol. The number of sulfonamides is 1. The standard InChI is InChI=1S/C20H20N6O3S/c21-10-20(5-6-20)25-30(27,28)14-3-4-15-16(7-14)24-18-17(15)19(23-11-22-18)26-12-1-2-13(26)9-29-8-12/h3-4,7,11-13,25H,1-2,5-6,8-9H2,(H,22,23,24). The zero-order valence-corrected chi connectivity index (χ0v) is 16.9. The van der Waals surface area contributed by atoms with Crippen molar-refractivity contribution in [1.82, 2.24) is 19.7 Å². The molecule has 2 bridgehead atoms. The molecule has 154 valence electrons. The van der Waals surface area contributed by atoms with Gasteiger partial charge in [0.05, 0.1) is 41.6 Å². The third-order valence-corrected chi connectivity index (χ3v) is 7.96. The number of fused-ring (bicyclic) bond motifs is 5. The number of ether oxygens (including phenoxy) is 1. The highest BCUT2D eigenvalue weighted by atomic mass is 32.2. The number of nitrogens with zero attached hydrogens (tertiary/aromatic N) is 4. The minimum atomic E-state index is -3.79. The first-order valence-corrected chi connectivity index (χ1v) is 11.6. The predicted octanol–water partition coefficient (Wildman–Crippen LogP) is 1.81. The van der Waals surface area contributed by atoms with Gasteiger partial charge in [0.2, 0.25) is 10.0 Å². The van der Waals surface area contributed by atoms with Gasteiger partial charge in [-0.2, -0.15) is 9.98 Å². The highest BCUT2D eigenvalue weighted by Gasteiger charge is 2.47. The van der Waals surface area contributed by atoms with Crippen molar-refractivity contribution >= 4 is 37.8 Å². The average molecular weight is 424 g/mol. The van der Waals surface area contributed by atoms with Crippen LogP contribution >= 0.6 is 0 Å². The topological polar surface area (TPSA) is 124 Å². The van der Waals surface area contributed by atoms with Gasteiger partial charge in [-0.1, -0.05) is 6.07 Å². The third kappa shape index (κ3) is 2.62. The van der Waals surface area contributed by atoms with Crippen molar-refractivity contribution in [2.45, 2.75) is 48.2 Å². The Morgan fingerprint density at radius 3 is 2.70 bits per heavy atom. The number of H-pyrrole nitrogens is 1. The molecule has 2 aliphatic heterocycles. The average Bonchev–Trinajstić information content (AvgIpc) is 3.33. The molecule has 2 aromatic heterocycles. The lowest BCUT2D eigenvalue weighted by Crippen LogP contribution is -2.46. The van der Waals surface area contributed by atoms with E-state index >= 15 is 0 Å². The van der Waals surface area contributed by atoms with Gasteiger partial charge in [0.1, 0.15) is 23.3 Å². The summed E-state index contributed by atoms with van der Waals surface area (Å²) in [5.74, 6) is 0.872. The summed E-state index contributed by atoms with van der Waals surface area (Å²) in [4.78, 5) is 14.7. The van der Waals surface area contributed by atoms with Crippen LogP contribution in [0.5, 0.6) is 0 Å². The van der Waals surface area contributed by atoms with Gasteiger partial charge in [-0.3, -0.25) is 0 Å². The van der Waals surface area contributed by atoms with E-state index in [9.17, 15) is 13.7 Å². The van der Waals surface area contributed by atoms with Crippen LogP contribution in [0, 0.1) is 11.3 Å². The first-order valence-electron chi connectivity index (χ1n) is 10.1. The Morgan fingerprint density at radius 1 is 1.23 bits per heavy atom. The highest BCUT2D eigenvalue weighted by Crippen LogP contribution is 2.40. The summed E-state index contributed by atoms with van der Waals surface area (Å²) in [6, 6.07) is 7.64. The van der Waals surface area contributed by atoms with Crippen LogP contribution in [-0.2, 0) is 14.8 Å². The zero-order chi connectivity index (χ0) is 20.5. The highest BCUT2D eigenvalue weighted by molar-refractivity contribution is 7.89. The van der Waals surface area contributed by atoms with E-state index in [1.165, 1.54) is 0 Å². The second-order valence-corrected chi connectivity index (χ2v) is 10.1. The van der Waals surface area contributed by atoms with Crippen LogP contribution in [0.3, 0.4) is 0 Å². The van der Waals surface area contributed by atoms with Crippen LogP contribution in [0.1, 0.15) is 25.7 Å². The summed E-state index contributed by atoms with van der Waals surface area (Å²) in [6.07, 6.45) is 4.78. The lowest BCUT2D eigenvalue weighted by atomic mass is 10.1. The molecule has 2 atom stereocenters. The van der Waals surface area contributed by atoms with E-state index in [1.54, 1.807) is 24.5 Å². The van der Waals surface area contributed by atoms with Crippen LogP contribution in [-0.4, -0.2) is 54.2 Å². The minimum absolute atomic E-state index is 0.129. The SMILES string of the molecule is N#CC1(NS(=O)(=O)c2ccc3c(c2)[nH]c2ncnc(N4C5CCC4COC5)c23)CC1. The molecule has 0 radical (unpaired) electrons. The molecule has 30 heavy (non-hydrogen) atoms. The van der Waals surface area contributed by atoms with Crippen molar-refractivity contribution < 1.29 is 13.2 Å². The Balaban J connectivity index is 1.46. The number of nitriles is 1. The Kier molecular flexibility index (Phi) is 3.69. The van der Waals surface area contributed by atoms with Crippen molar-refractivity contribution in [3.05, 3.63) is 24.5 Å². The molecule has 4 heterocycles. The Morgan fingerprint density at radius 2 is 2.00 bits per heavy atom. The largest absolute Gasteiger partial charge is 0.377 e. The Labute approximate surface area is 173 Å². The molecule has 2 saturated heterocycles. The first-order chi connectivity index (χ1) is 14.5. The fraction of sp³-hybridized carbons (Fsp3) is 0.450. The number of morpholine rings is 1. The van der Waals surface area contributed by atoms with Crippen LogP contribution in [0.2, 0.25) is 0 Å². The first kappa shape index (κ1) is 18.1. The van der Waals surface area contributed by atoms with E-state index < -0.39 is 15.6 Å². The molecular formula is C20H20N6O3S. The number of nitrogens with one attached hydrogen (secondary N) is 2. The van der Waals surface area contributed by atoms with Gasteiger partial charge < -0.3 is 14.6 Å². The van der Waals surface area contributed by atoms with Gasteiger partial charge in [0, 0.05) is 10.9 Å². The molecule has 1 saturated carbocycles. The quantitative estimate of drug-likeness (QED) is 0.654. The Bertz CT molecular complexity index is 1310. The van der Waals surface area contributed by atoms with Gasteiger partial charge >= 0.3 is 0 Å². The molecular weight excluding hydrogens is 404 g/mol. The fourth-order valence-corrected chi connectivity index (χ4v) is 6.11. The van der Waals surface area contributed by atoms with Gasteiger partial charge in [-0.25, -0.2) is 18.4 Å². The third-order valence-electron chi connectivity index (χ3n) is 6.43. The molecule has 3 aromatic rings. The number of rotatable bonds is 4. The molecule has 0 amide bonds. The Hall–Kier alpha value is -2.74. The molecule has 2 unspecified atom stereocenters. The monoisotopic (exact) mass is 424 g/mol. The van der Waals surface area contributed by atoms with Crippen LogP contribution in [0.25, 0.3) is 21.9 Å². The van der Waals surface area contributed by atoms with Gasteiger partial charge in [-0.15, -0.1) is 0 Å². The number of aromatic amines is 1. The van der Waals surface area contributed by atoms with E-state index in [0.717, 1.165) is 29.4 Å². The van der Waals surface area contributed by atoms with Gasteiger partial charge in [0.25, 0.3) is 0 Å². The normalized spacial score (nSPS) is 25.0. The maximum atomic E-state index is 12.8. The number of hydrogen-bond acceptors (Lipinski definition) is 7. The lowest BCUT2D eigenvalue weighted by Gasteiger charge is -2.35. The maximum Gasteiger partial charge on any atom is 0.242 e. The minimum Gasteiger partial charge on any atom is -0.377 e. The molecule has 9 nitrogen and oxygen atoms in total. The van der Waals surface area contributed by atoms with Gasteiger partial charge in [0.15, 0.2) is 0 Å².